The van der Waals surface area contributed by atoms with Gasteiger partial charge < -0.3 is 21.0 Å². The summed E-state index contributed by atoms with van der Waals surface area (Å²) in [7, 11) is 0. The number of hydrogen-bond acceptors (Lipinski definition) is 5. The second kappa shape index (κ2) is 8.46. The lowest BCUT2D eigenvalue weighted by Gasteiger charge is -2.09. The van der Waals surface area contributed by atoms with E-state index in [-0.39, 0.29) is 17.9 Å². The van der Waals surface area contributed by atoms with Crippen molar-refractivity contribution < 1.29 is 19.8 Å². The molecule has 1 amide bonds. The molecule has 0 aliphatic carbocycles. The maximum Gasteiger partial charge on any atom is 0.303 e. The highest BCUT2D eigenvalue weighted by Crippen LogP contribution is 2.26. The molecule has 0 saturated carbocycles. The van der Waals surface area contributed by atoms with Gasteiger partial charge in [0.1, 0.15) is 12.1 Å². The molecule has 0 fully saturated rings. The fourth-order valence-corrected chi connectivity index (χ4v) is 2.12. The zero-order chi connectivity index (χ0) is 18.2. The quantitative estimate of drug-likeness (QED) is 0.171. The number of carboxylic acids is 1. The zero-order valence-electron chi connectivity index (χ0n) is 13.3. The van der Waals surface area contributed by atoms with Gasteiger partial charge in [-0.1, -0.05) is 12.1 Å². The van der Waals surface area contributed by atoms with Crippen molar-refractivity contribution in [3.8, 4) is 5.75 Å². The van der Waals surface area contributed by atoms with E-state index in [4.69, 9.17) is 10.9 Å². The lowest BCUT2D eigenvalue weighted by Crippen LogP contribution is -2.18. The molecule has 0 aliphatic heterocycles. The van der Waals surface area contributed by atoms with E-state index in [0.29, 0.717) is 23.2 Å². The number of aryl methyl sites for hydroxylation is 1. The predicted molar refractivity (Wildman–Crippen MR) is 93.9 cm³/mol. The van der Waals surface area contributed by atoms with Crippen LogP contribution in [0, 0.1) is 0 Å². The summed E-state index contributed by atoms with van der Waals surface area (Å²) in [5.74, 6) is 3.65. The van der Waals surface area contributed by atoms with Crippen LogP contribution in [0.25, 0.3) is 0 Å². The highest BCUT2D eigenvalue weighted by Gasteiger charge is 2.10. The number of aliphatic imine (C=N–C) groups is 1. The molecule has 2 rings (SSSR count). The molecular formula is C17H18N4O4. The summed E-state index contributed by atoms with van der Waals surface area (Å²) >= 11 is 0. The minimum atomic E-state index is -0.913. The number of nitrogens with one attached hydrogen (secondary N) is 2. The van der Waals surface area contributed by atoms with Crippen molar-refractivity contribution in [2.45, 2.75) is 12.8 Å². The first-order chi connectivity index (χ1) is 12.0. The molecular weight excluding hydrogens is 324 g/mol. The van der Waals surface area contributed by atoms with Crippen LogP contribution in [-0.2, 0) is 11.2 Å². The molecule has 8 nitrogen and oxygen atoms in total. The molecule has 130 valence electrons. The smallest absolute Gasteiger partial charge is 0.303 e. The number of nitrogens with two attached hydrogens (primary N) is 1. The fraction of sp³-hybridized carbons (Fsp3) is 0.118. The van der Waals surface area contributed by atoms with Crippen LogP contribution < -0.4 is 16.6 Å². The molecule has 0 heterocycles. The summed E-state index contributed by atoms with van der Waals surface area (Å²) in [5.41, 5.74) is 4.08. The van der Waals surface area contributed by atoms with E-state index in [1.165, 1.54) is 18.5 Å². The van der Waals surface area contributed by atoms with Gasteiger partial charge in [0.25, 0.3) is 5.91 Å². The van der Waals surface area contributed by atoms with E-state index < -0.39 is 11.9 Å². The van der Waals surface area contributed by atoms with Gasteiger partial charge in [0, 0.05) is 12.0 Å². The van der Waals surface area contributed by atoms with Gasteiger partial charge in [-0.2, -0.15) is 0 Å². The highest BCUT2D eigenvalue weighted by molar-refractivity contribution is 6.05. The van der Waals surface area contributed by atoms with Gasteiger partial charge in [-0.25, -0.2) is 10.8 Å². The molecule has 2 aromatic carbocycles. The maximum absolute atomic E-state index is 12.3. The third-order valence-corrected chi connectivity index (χ3v) is 3.33. The number of amides is 1. The van der Waals surface area contributed by atoms with Crippen molar-refractivity contribution in [3.63, 3.8) is 0 Å². The molecule has 25 heavy (non-hydrogen) atoms. The molecule has 0 atom stereocenters. The number of aliphatic carboxylic acids is 1. The first kappa shape index (κ1) is 18.0. The minimum absolute atomic E-state index is 0.0316. The van der Waals surface area contributed by atoms with Crippen molar-refractivity contribution in [1.82, 2.24) is 5.43 Å². The van der Waals surface area contributed by atoms with Crippen LogP contribution >= 0.6 is 0 Å². The molecule has 0 saturated heterocycles. The standard InChI is InChI=1S/C17H18N4O4/c18-20-10-19-13-3-1-2-12(9-13)17(25)21-14-6-4-11(8-15(14)22)5-7-16(23)24/h1-4,6,8-10,22H,5,7,18H2,(H,19,20)(H,21,25)(H,23,24). The SMILES string of the molecule is NNC=Nc1cccc(C(=O)Nc2ccc(CCC(=O)O)cc2O)c1. The molecule has 2 aromatic rings. The van der Waals surface area contributed by atoms with E-state index >= 15 is 0 Å². The number of hydrazine groups is 1. The largest absolute Gasteiger partial charge is 0.506 e. The molecule has 0 spiro atoms. The van der Waals surface area contributed by atoms with Crippen molar-refractivity contribution in [1.29, 1.82) is 0 Å². The van der Waals surface area contributed by atoms with E-state index in [2.05, 4.69) is 15.7 Å². The number of phenolic OH excluding ortho intramolecular Hbond substituents is 1. The van der Waals surface area contributed by atoms with Gasteiger partial charge in [0.05, 0.1) is 11.4 Å². The highest BCUT2D eigenvalue weighted by atomic mass is 16.4. The number of carbonyl (C=O) groups is 2. The maximum atomic E-state index is 12.3. The fourth-order valence-electron chi connectivity index (χ4n) is 2.12. The number of aromatic hydroxyl groups is 1. The molecule has 8 heteroatoms. The Hall–Kier alpha value is -3.39. The summed E-state index contributed by atoms with van der Waals surface area (Å²) in [6, 6.07) is 11.2. The van der Waals surface area contributed by atoms with E-state index in [1.807, 2.05) is 0 Å². The first-order valence-electron chi connectivity index (χ1n) is 7.43. The third-order valence-electron chi connectivity index (χ3n) is 3.33. The second-order valence-corrected chi connectivity index (χ2v) is 5.17. The molecule has 6 N–H and O–H groups in total. The first-order valence-corrected chi connectivity index (χ1v) is 7.43. The minimum Gasteiger partial charge on any atom is -0.506 e. The number of anilines is 1. The lowest BCUT2D eigenvalue weighted by atomic mass is 10.1. The van der Waals surface area contributed by atoms with Crippen molar-refractivity contribution in [3.05, 3.63) is 53.6 Å². The number of hydrogen-bond donors (Lipinski definition) is 5. The van der Waals surface area contributed by atoms with Gasteiger partial charge in [0.2, 0.25) is 0 Å². The van der Waals surface area contributed by atoms with E-state index in [0.717, 1.165) is 0 Å². The normalized spacial score (nSPS) is 10.6. The van der Waals surface area contributed by atoms with Crippen LogP contribution in [0.15, 0.2) is 47.5 Å². The molecule has 0 unspecified atom stereocenters. The molecule has 0 radical (unpaired) electrons. The molecule has 0 bridgehead atoms. The van der Waals surface area contributed by atoms with Crippen LogP contribution in [0.2, 0.25) is 0 Å². The third kappa shape index (κ3) is 5.33. The van der Waals surface area contributed by atoms with Gasteiger partial charge in [-0.3, -0.25) is 9.59 Å². The molecule has 0 aliphatic rings. The van der Waals surface area contributed by atoms with Gasteiger partial charge >= 0.3 is 5.97 Å². The molecule has 0 aromatic heterocycles. The van der Waals surface area contributed by atoms with Crippen LogP contribution in [0.1, 0.15) is 22.3 Å². The Morgan fingerprint density at radius 3 is 2.68 bits per heavy atom. The van der Waals surface area contributed by atoms with Crippen LogP contribution in [0.4, 0.5) is 11.4 Å². The summed E-state index contributed by atoms with van der Waals surface area (Å²) in [6.07, 6.45) is 1.56. The van der Waals surface area contributed by atoms with Crippen LogP contribution in [0.3, 0.4) is 0 Å². The number of nitrogens with zero attached hydrogens (tertiary/aromatic N) is 1. The van der Waals surface area contributed by atoms with Crippen molar-refractivity contribution >= 4 is 29.6 Å². The Kier molecular flexibility index (Phi) is 6.08. The Morgan fingerprint density at radius 1 is 1.20 bits per heavy atom. The van der Waals surface area contributed by atoms with Gasteiger partial charge in [-0.05, 0) is 42.3 Å². The zero-order valence-corrected chi connectivity index (χ0v) is 13.3. The number of carbonyl (C=O) groups excluding carboxylic acids is 1. The van der Waals surface area contributed by atoms with E-state index in [1.54, 1.807) is 30.3 Å². The summed E-state index contributed by atoms with van der Waals surface area (Å²) in [5, 5.41) is 21.3. The van der Waals surface area contributed by atoms with Crippen molar-refractivity contribution in [2.75, 3.05) is 5.32 Å². The topological polar surface area (TPSA) is 137 Å². The average Bonchev–Trinajstić information content (AvgIpc) is 2.60. The lowest BCUT2D eigenvalue weighted by molar-refractivity contribution is -0.136. The summed E-state index contributed by atoms with van der Waals surface area (Å²) < 4.78 is 0. The number of rotatable bonds is 7. The number of phenols is 1. The average molecular weight is 342 g/mol. The monoisotopic (exact) mass is 342 g/mol. The number of benzene rings is 2. The number of carboxylic acid groups (broad SMARTS) is 1. The van der Waals surface area contributed by atoms with Gasteiger partial charge in [-0.15, -0.1) is 0 Å². The van der Waals surface area contributed by atoms with Crippen LogP contribution in [0.5, 0.6) is 5.75 Å². The Morgan fingerprint density at radius 2 is 2.00 bits per heavy atom. The van der Waals surface area contributed by atoms with E-state index in [9.17, 15) is 14.7 Å². The Labute approximate surface area is 144 Å². The summed E-state index contributed by atoms with van der Waals surface area (Å²) in [6.45, 7) is 0. The van der Waals surface area contributed by atoms with Crippen molar-refractivity contribution in [2.24, 2.45) is 10.8 Å². The second-order valence-electron chi connectivity index (χ2n) is 5.17. The van der Waals surface area contributed by atoms with Crippen LogP contribution in [-0.4, -0.2) is 28.4 Å². The Balaban J connectivity index is 2.10. The predicted octanol–water partition coefficient (Wildman–Crippen LogP) is 1.78. The van der Waals surface area contributed by atoms with Gasteiger partial charge in [0.15, 0.2) is 0 Å². The summed E-state index contributed by atoms with van der Waals surface area (Å²) in [4.78, 5) is 26.9. The Bertz CT molecular complexity index is 805.